The van der Waals surface area contributed by atoms with Crippen LogP contribution < -0.4 is 5.32 Å². The number of hydrogen-bond acceptors (Lipinski definition) is 3. The van der Waals surface area contributed by atoms with Crippen LogP contribution in [-0.4, -0.2) is 35.1 Å². The summed E-state index contributed by atoms with van der Waals surface area (Å²) in [6, 6.07) is 5.78. The second-order valence-electron chi connectivity index (χ2n) is 4.95. The summed E-state index contributed by atoms with van der Waals surface area (Å²) < 4.78 is 0. The van der Waals surface area contributed by atoms with Crippen molar-refractivity contribution in [1.82, 2.24) is 15.2 Å². The van der Waals surface area contributed by atoms with Crippen molar-refractivity contribution in [1.29, 1.82) is 0 Å². The van der Waals surface area contributed by atoms with Gasteiger partial charge in [-0.15, -0.1) is 0 Å². The number of rotatable bonds is 4. The van der Waals surface area contributed by atoms with Crippen LogP contribution >= 0.6 is 0 Å². The van der Waals surface area contributed by atoms with E-state index in [4.69, 9.17) is 0 Å². The van der Waals surface area contributed by atoms with Crippen molar-refractivity contribution in [2.45, 2.75) is 37.9 Å². The monoisotopic (exact) mass is 217 g/mol. The molecule has 0 spiro atoms. The minimum atomic E-state index is 0.689. The molecule has 1 aromatic rings. The standard InChI is InChI=1S/C13H19N3/c1-2-13(1)16-8-5-12(10-16)15-9-11-3-6-14-7-4-11/h3-4,6-7,12-13,15H,1-2,5,8-10H2. The van der Waals surface area contributed by atoms with Gasteiger partial charge in [0.25, 0.3) is 0 Å². The van der Waals surface area contributed by atoms with Crippen LogP contribution in [0.4, 0.5) is 0 Å². The fraction of sp³-hybridized carbons (Fsp3) is 0.615. The summed E-state index contributed by atoms with van der Waals surface area (Å²) in [7, 11) is 0. The molecule has 0 aromatic carbocycles. The van der Waals surface area contributed by atoms with E-state index >= 15 is 0 Å². The van der Waals surface area contributed by atoms with Crippen LogP contribution in [0.15, 0.2) is 24.5 Å². The molecule has 1 saturated carbocycles. The molecule has 86 valence electrons. The summed E-state index contributed by atoms with van der Waals surface area (Å²) in [5, 5.41) is 3.64. The van der Waals surface area contributed by atoms with Crippen LogP contribution in [0.25, 0.3) is 0 Å². The molecular formula is C13H19N3. The number of likely N-dealkylation sites (tertiary alicyclic amines) is 1. The van der Waals surface area contributed by atoms with E-state index in [1.165, 1.54) is 37.9 Å². The minimum Gasteiger partial charge on any atom is -0.309 e. The van der Waals surface area contributed by atoms with Crippen LogP contribution in [0, 0.1) is 0 Å². The molecule has 1 atom stereocenters. The molecule has 3 nitrogen and oxygen atoms in total. The van der Waals surface area contributed by atoms with Crippen molar-refractivity contribution in [2.24, 2.45) is 0 Å². The molecular weight excluding hydrogens is 198 g/mol. The Bertz CT molecular complexity index is 334. The average molecular weight is 217 g/mol. The third kappa shape index (κ3) is 2.42. The highest BCUT2D eigenvalue weighted by molar-refractivity contribution is 5.09. The van der Waals surface area contributed by atoms with Gasteiger partial charge in [0.05, 0.1) is 0 Å². The van der Waals surface area contributed by atoms with Gasteiger partial charge in [-0.1, -0.05) is 0 Å². The number of pyridine rings is 1. The van der Waals surface area contributed by atoms with E-state index < -0.39 is 0 Å². The lowest BCUT2D eigenvalue weighted by atomic mass is 10.2. The highest BCUT2D eigenvalue weighted by Crippen LogP contribution is 2.29. The third-order valence-electron chi connectivity index (χ3n) is 3.63. The number of aromatic nitrogens is 1. The van der Waals surface area contributed by atoms with Crippen LogP contribution in [0.3, 0.4) is 0 Å². The minimum absolute atomic E-state index is 0.689. The molecule has 16 heavy (non-hydrogen) atoms. The maximum atomic E-state index is 4.03. The van der Waals surface area contributed by atoms with E-state index in [2.05, 4.69) is 27.3 Å². The van der Waals surface area contributed by atoms with E-state index in [-0.39, 0.29) is 0 Å². The summed E-state index contributed by atoms with van der Waals surface area (Å²) in [5.41, 5.74) is 1.33. The molecule has 3 heteroatoms. The average Bonchev–Trinajstić information content (AvgIpc) is 3.08. The van der Waals surface area contributed by atoms with Gasteiger partial charge in [-0.25, -0.2) is 0 Å². The Kier molecular flexibility index (Phi) is 2.89. The van der Waals surface area contributed by atoms with Gasteiger partial charge in [0.1, 0.15) is 0 Å². The van der Waals surface area contributed by atoms with E-state index in [1.54, 1.807) is 0 Å². The molecule has 1 saturated heterocycles. The Balaban J connectivity index is 1.46. The second kappa shape index (κ2) is 4.52. The first-order valence-corrected chi connectivity index (χ1v) is 6.28. The predicted molar refractivity (Wildman–Crippen MR) is 64.1 cm³/mol. The quantitative estimate of drug-likeness (QED) is 0.826. The first kappa shape index (κ1) is 10.2. The summed E-state index contributed by atoms with van der Waals surface area (Å²) in [5.74, 6) is 0. The number of nitrogens with zero attached hydrogens (tertiary/aromatic N) is 2. The van der Waals surface area contributed by atoms with Crippen LogP contribution in [0.1, 0.15) is 24.8 Å². The molecule has 0 radical (unpaired) electrons. The normalized spacial score (nSPS) is 26.1. The molecule has 1 aliphatic carbocycles. The van der Waals surface area contributed by atoms with Crippen molar-refractivity contribution in [3.63, 3.8) is 0 Å². The molecule has 0 bridgehead atoms. The molecule has 1 aromatic heterocycles. The van der Waals surface area contributed by atoms with Gasteiger partial charge in [-0.2, -0.15) is 0 Å². The van der Waals surface area contributed by atoms with E-state index in [0.29, 0.717) is 6.04 Å². The summed E-state index contributed by atoms with van der Waals surface area (Å²) in [6.45, 7) is 3.51. The zero-order valence-corrected chi connectivity index (χ0v) is 9.60. The van der Waals surface area contributed by atoms with Crippen molar-refractivity contribution in [3.8, 4) is 0 Å². The topological polar surface area (TPSA) is 28.2 Å². The Labute approximate surface area is 96.9 Å². The smallest absolute Gasteiger partial charge is 0.0271 e. The first-order valence-electron chi connectivity index (χ1n) is 6.28. The summed E-state index contributed by atoms with van der Waals surface area (Å²) in [6.07, 6.45) is 7.89. The van der Waals surface area contributed by atoms with Crippen molar-refractivity contribution in [3.05, 3.63) is 30.1 Å². The summed E-state index contributed by atoms with van der Waals surface area (Å²) in [4.78, 5) is 6.68. The first-order chi connectivity index (χ1) is 7.92. The van der Waals surface area contributed by atoms with Crippen LogP contribution in [0.2, 0.25) is 0 Å². The van der Waals surface area contributed by atoms with Crippen LogP contribution in [-0.2, 0) is 6.54 Å². The van der Waals surface area contributed by atoms with Gasteiger partial charge in [0, 0.05) is 44.1 Å². The van der Waals surface area contributed by atoms with Gasteiger partial charge >= 0.3 is 0 Å². The zero-order chi connectivity index (χ0) is 10.8. The number of nitrogens with one attached hydrogen (secondary N) is 1. The van der Waals surface area contributed by atoms with E-state index in [9.17, 15) is 0 Å². The lowest BCUT2D eigenvalue weighted by molar-refractivity contribution is 0.317. The van der Waals surface area contributed by atoms with Crippen molar-refractivity contribution >= 4 is 0 Å². The Morgan fingerprint density at radius 3 is 2.81 bits per heavy atom. The lowest BCUT2D eigenvalue weighted by Gasteiger charge is -2.15. The maximum Gasteiger partial charge on any atom is 0.0271 e. The molecule has 0 amide bonds. The van der Waals surface area contributed by atoms with E-state index in [1.807, 2.05) is 12.4 Å². The molecule has 1 unspecified atom stereocenters. The molecule has 3 rings (SSSR count). The lowest BCUT2D eigenvalue weighted by Crippen LogP contribution is -2.32. The number of hydrogen-bond donors (Lipinski definition) is 1. The Morgan fingerprint density at radius 1 is 1.25 bits per heavy atom. The summed E-state index contributed by atoms with van der Waals surface area (Å²) >= 11 is 0. The van der Waals surface area contributed by atoms with Crippen molar-refractivity contribution < 1.29 is 0 Å². The Hall–Kier alpha value is -0.930. The van der Waals surface area contributed by atoms with Gasteiger partial charge in [0.2, 0.25) is 0 Å². The molecule has 2 fully saturated rings. The fourth-order valence-electron chi connectivity index (χ4n) is 2.49. The predicted octanol–water partition coefficient (Wildman–Crippen LogP) is 1.41. The molecule has 1 aliphatic heterocycles. The van der Waals surface area contributed by atoms with Crippen molar-refractivity contribution in [2.75, 3.05) is 13.1 Å². The third-order valence-corrected chi connectivity index (χ3v) is 3.63. The van der Waals surface area contributed by atoms with Gasteiger partial charge in [-0.05, 0) is 37.0 Å². The van der Waals surface area contributed by atoms with Crippen LogP contribution in [0.5, 0.6) is 0 Å². The molecule has 2 aliphatic rings. The van der Waals surface area contributed by atoms with Gasteiger partial charge < -0.3 is 5.32 Å². The highest BCUT2D eigenvalue weighted by atomic mass is 15.2. The maximum absolute atomic E-state index is 4.03. The van der Waals surface area contributed by atoms with Gasteiger partial charge in [-0.3, -0.25) is 9.88 Å². The van der Waals surface area contributed by atoms with Gasteiger partial charge in [0.15, 0.2) is 0 Å². The SMILES string of the molecule is c1cc(CNC2CCN(C3CC3)C2)ccn1. The molecule has 1 N–H and O–H groups in total. The fourth-order valence-corrected chi connectivity index (χ4v) is 2.49. The molecule has 2 heterocycles. The van der Waals surface area contributed by atoms with E-state index in [0.717, 1.165) is 12.6 Å². The largest absolute Gasteiger partial charge is 0.309 e. The zero-order valence-electron chi connectivity index (χ0n) is 9.60. The Morgan fingerprint density at radius 2 is 2.06 bits per heavy atom. The second-order valence-corrected chi connectivity index (χ2v) is 4.95. The highest BCUT2D eigenvalue weighted by Gasteiger charge is 2.33.